The second-order valence-electron chi connectivity index (χ2n) is 5.18. The smallest absolute Gasteiger partial charge is 0.119 e. The van der Waals surface area contributed by atoms with Gasteiger partial charge in [0.2, 0.25) is 0 Å². The molecular weight excluding hydrogens is 224 g/mol. The van der Waals surface area contributed by atoms with Gasteiger partial charge in [0.25, 0.3) is 0 Å². The van der Waals surface area contributed by atoms with Gasteiger partial charge in [-0.25, -0.2) is 0 Å². The molecule has 0 fully saturated rings. The van der Waals surface area contributed by atoms with Gasteiger partial charge in [-0.05, 0) is 51.9 Å². The standard InChI is InChI=1S/C15H22N2O/c1-12(17-4)13-6-5-7-14(10-13)18-9-8-15(2,3)11-16/h5-7,10,12,17H,8-9H2,1-4H3. The van der Waals surface area contributed by atoms with Crippen LogP contribution in [0.15, 0.2) is 24.3 Å². The second kappa shape index (κ2) is 6.42. The van der Waals surface area contributed by atoms with Gasteiger partial charge in [-0.2, -0.15) is 5.26 Å². The summed E-state index contributed by atoms with van der Waals surface area (Å²) in [5.74, 6) is 0.864. The lowest BCUT2D eigenvalue weighted by atomic mass is 9.92. The van der Waals surface area contributed by atoms with E-state index in [0.717, 1.165) is 12.2 Å². The number of nitriles is 1. The second-order valence-corrected chi connectivity index (χ2v) is 5.18. The predicted octanol–water partition coefficient (Wildman–Crippen LogP) is 3.29. The van der Waals surface area contributed by atoms with Crippen LogP contribution in [0.4, 0.5) is 0 Å². The minimum Gasteiger partial charge on any atom is -0.494 e. The maximum atomic E-state index is 8.93. The quantitative estimate of drug-likeness (QED) is 0.837. The van der Waals surface area contributed by atoms with E-state index in [1.54, 1.807) is 0 Å². The Morgan fingerprint density at radius 2 is 2.17 bits per heavy atom. The lowest BCUT2D eigenvalue weighted by Gasteiger charge is -2.16. The SMILES string of the molecule is CNC(C)c1cccc(OCCC(C)(C)C#N)c1. The number of nitrogens with one attached hydrogen (secondary N) is 1. The van der Waals surface area contributed by atoms with Gasteiger partial charge in [0.05, 0.1) is 18.1 Å². The van der Waals surface area contributed by atoms with Gasteiger partial charge in [0, 0.05) is 6.04 Å². The first-order valence-electron chi connectivity index (χ1n) is 6.30. The van der Waals surface area contributed by atoms with Crippen LogP contribution < -0.4 is 10.1 Å². The molecule has 1 unspecified atom stereocenters. The summed E-state index contributed by atoms with van der Waals surface area (Å²) in [6.45, 7) is 6.53. The van der Waals surface area contributed by atoms with Crippen molar-refractivity contribution in [2.75, 3.05) is 13.7 Å². The summed E-state index contributed by atoms with van der Waals surface area (Å²) in [5.41, 5.74) is 0.880. The van der Waals surface area contributed by atoms with Crippen molar-refractivity contribution in [3.63, 3.8) is 0 Å². The topological polar surface area (TPSA) is 45.0 Å². The minimum absolute atomic E-state index is 0.309. The molecule has 0 bridgehead atoms. The Morgan fingerprint density at radius 3 is 2.78 bits per heavy atom. The van der Waals surface area contributed by atoms with Crippen LogP contribution in [-0.2, 0) is 0 Å². The molecule has 1 rings (SSSR count). The summed E-state index contributed by atoms with van der Waals surface area (Å²) in [4.78, 5) is 0. The lowest BCUT2D eigenvalue weighted by Crippen LogP contribution is -2.14. The average molecular weight is 246 g/mol. The van der Waals surface area contributed by atoms with Crippen molar-refractivity contribution in [3.05, 3.63) is 29.8 Å². The third-order valence-corrected chi connectivity index (χ3v) is 3.09. The summed E-state index contributed by atoms with van der Waals surface area (Å²) in [5, 5.41) is 12.1. The molecule has 0 aliphatic heterocycles. The first-order valence-corrected chi connectivity index (χ1v) is 6.30. The Labute approximate surface area is 110 Å². The fraction of sp³-hybridized carbons (Fsp3) is 0.533. The zero-order chi connectivity index (χ0) is 13.6. The first-order chi connectivity index (χ1) is 8.48. The monoisotopic (exact) mass is 246 g/mol. The number of rotatable bonds is 6. The van der Waals surface area contributed by atoms with Crippen LogP contribution in [0.2, 0.25) is 0 Å². The highest BCUT2D eigenvalue weighted by molar-refractivity contribution is 5.30. The van der Waals surface area contributed by atoms with E-state index >= 15 is 0 Å². The number of ether oxygens (including phenoxy) is 1. The summed E-state index contributed by atoms with van der Waals surface area (Å²) >= 11 is 0. The highest BCUT2D eigenvalue weighted by Gasteiger charge is 2.16. The lowest BCUT2D eigenvalue weighted by molar-refractivity contribution is 0.264. The largest absolute Gasteiger partial charge is 0.494 e. The Kier molecular flexibility index (Phi) is 5.18. The van der Waals surface area contributed by atoms with Crippen molar-refractivity contribution in [3.8, 4) is 11.8 Å². The van der Waals surface area contributed by atoms with Gasteiger partial charge < -0.3 is 10.1 Å². The van der Waals surface area contributed by atoms with Crippen LogP contribution in [0.5, 0.6) is 5.75 Å². The van der Waals surface area contributed by atoms with Gasteiger partial charge in [-0.15, -0.1) is 0 Å². The van der Waals surface area contributed by atoms with E-state index in [9.17, 15) is 0 Å². The van der Waals surface area contributed by atoms with Crippen molar-refractivity contribution in [2.45, 2.75) is 33.2 Å². The molecule has 3 heteroatoms. The zero-order valence-electron chi connectivity index (χ0n) is 11.7. The molecular formula is C15H22N2O. The maximum Gasteiger partial charge on any atom is 0.119 e. The fourth-order valence-electron chi connectivity index (χ4n) is 1.52. The van der Waals surface area contributed by atoms with Crippen molar-refractivity contribution < 1.29 is 4.74 Å². The van der Waals surface area contributed by atoms with Gasteiger partial charge in [-0.1, -0.05) is 12.1 Å². The molecule has 1 atom stereocenters. The minimum atomic E-state index is -0.324. The fourth-order valence-corrected chi connectivity index (χ4v) is 1.52. The van der Waals surface area contributed by atoms with Crippen molar-refractivity contribution >= 4 is 0 Å². The molecule has 0 aliphatic carbocycles. The predicted molar refractivity (Wildman–Crippen MR) is 73.4 cm³/mol. The van der Waals surface area contributed by atoms with E-state index in [0.29, 0.717) is 12.6 Å². The van der Waals surface area contributed by atoms with E-state index in [2.05, 4.69) is 24.4 Å². The van der Waals surface area contributed by atoms with Gasteiger partial charge in [0.15, 0.2) is 0 Å². The van der Waals surface area contributed by atoms with Crippen LogP contribution in [-0.4, -0.2) is 13.7 Å². The summed E-state index contributed by atoms with van der Waals surface area (Å²) in [6, 6.07) is 10.6. The normalized spacial score (nSPS) is 12.8. The van der Waals surface area contributed by atoms with Crippen molar-refractivity contribution in [2.24, 2.45) is 5.41 Å². The van der Waals surface area contributed by atoms with E-state index in [4.69, 9.17) is 10.00 Å². The zero-order valence-corrected chi connectivity index (χ0v) is 11.7. The molecule has 1 aromatic carbocycles. The molecule has 0 aromatic heterocycles. The molecule has 0 amide bonds. The van der Waals surface area contributed by atoms with E-state index in [-0.39, 0.29) is 5.41 Å². The summed E-state index contributed by atoms with van der Waals surface area (Å²) in [6.07, 6.45) is 0.731. The van der Waals surface area contributed by atoms with Gasteiger partial charge >= 0.3 is 0 Å². The molecule has 0 radical (unpaired) electrons. The number of benzene rings is 1. The van der Waals surface area contributed by atoms with Crippen LogP contribution in [0, 0.1) is 16.7 Å². The van der Waals surface area contributed by atoms with Crippen LogP contribution in [0.1, 0.15) is 38.8 Å². The van der Waals surface area contributed by atoms with E-state index in [1.165, 1.54) is 5.56 Å². The molecule has 18 heavy (non-hydrogen) atoms. The summed E-state index contributed by atoms with van der Waals surface area (Å²) < 4.78 is 5.70. The van der Waals surface area contributed by atoms with Crippen molar-refractivity contribution in [1.82, 2.24) is 5.32 Å². The van der Waals surface area contributed by atoms with Crippen molar-refractivity contribution in [1.29, 1.82) is 5.26 Å². The number of hydrogen-bond donors (Lipinski definition) is 1. The third-order valence-electron chi connectivity index (χ3n) is 3.09. The highest BCUT2D eigenvalue weighted by Crippen LogP contribution is 2.22. The maximum absolute atomic E-state index is 8.93. The summed E-state index contributed by atoms with van der Waals surface area (Å²) in [7, 11) is 1.94. The molecule has 0 heterocycles. The van der Waals surface area contributed by atoms with Crippen LogP contribution in [0.25, 0.3) is 0 Å². The molecule has 0 saturated carbocycles. The van der Waals surface area contributed by atoms with Gasteiger partial charge in [-0.3, -0.25) is 0 Å². The highest BCUT2D eigenvalue weighted by atomic mass is 16.5. The van der Waals surface area contributed by atoms with Crippen LogP contribution >= 0.6 is 0 Å². The molecule has 3 nitrogen and oxygen atoms in total. The Bertz CT molecular complexity index is 421. The number of nitrogens with zero attached hydrogens (tertiary/aromatic N) is 1. The molecule has 98 valence electrons. The number of hydrogen-bond acceptors (Lipinski definition) is 3. The Hall–Kier alpha value is -1.53. The van der Waals surface area contributed by atoms with Gasteiger partial charge in [0.1, 0.15) is 5.75 Å². The third kappa shape index (κ3) is 4.38. The van der Waals surface area contributed by atoms with E-state index in [1.807, 2.05) is 39.1 Å². The molecule has 1 aromatic rings. The molecule has 0 saturated heterocycles. The average Bonchev–Trinajstić information content (AvgIpc) is 2.38. The molecule has 0 aliphatic rings. The molecule has 1 N–H and O–H groups in total. The van der Waals surface area contributed by atoms with Crippen LogP contribution in [0.3, 0.4) is 0 Å². The Balaban J connectivity index is 2.56. The van der Waals surface area contributed by atoms with E-state index < -0.39 is 0 Å². The Morgan fingerprint density at radius 1 is 1.44 bits per heavy atom. The first kappa shape index (κ1) is 14.5. The molecule has 0 spiro atoms.